The SMILES string of the molecule is C=CS(=O)c1ccccc1.CC(O)c1cccc2ccccc12.CC(O)c1ccccc1.ClCC1CO1.O=C1CCCCC1c1ccccc1.Oc1ccc2ccccc2c1-c1c(O)ccc2ccccc12.c1ccc(C2OC2c2ccccc2)cc1. The number of carbonyl (C=O) groups excluding carboxylic acids is 1. The highest BCUT2D eigenvalue weighted by molar-refractivity contribution is 7.88. The number of ketones is 1. The maximum absolute atomic E-state index is 11.6. The molecule has 0 aromatic heterocycles. The van der Waals surface area contributed by atoms with E-state index in [0.717, 1.165) is 68.8 Å². The lowest BCUT2D eigenvalue weighted by atomic mass is 9.83. The molecule has 2 heterocycles. The summed E-state index contributed by atoms with van der Waals surface area (Å²) in [6, 6.07) is 86.7. The molecule has 10 heteroatoms. The van der Waals surface area contributed by atoms with Crippen LogP contribution in [0, 0.1) is 0 Å². The second-order valence-corrected chi connectivity index (χ2v) is 22.8. The van der Waals surface area contributed by atoms with Crippen LogP contribution in [-0.4, -0.2) is 49.0 Å². The van der Waals surface area contributed by atoms with Crippen LogP contribution in [0.15, 0.2) is 284 Å². The number of hydrogen-bond donors (Lipinski definition) is 4. The standard InChI is InChI=1S/C20H14O2.C14H12O.C12H12O.C12H14O.C8H8OS.C8H10O.C3H5ClO/c21-17-11-9-13-5-1-3-7-15(13)19(17)20-16-8-4-2-6-14(16)10-12-18(20)22;1-3-7-11(8-4-1)13-14(15-13)12-9-5-2-6-10-12;1-9(13)11-8-4-6-10-5-2-3-7-12(10)11;13-12-9-5-4-8-11(12)10-6-2-1-3-7-10;1-2-10(9)8-6-4-3-5-7-8;1-7(9)8-5-3-2-4-6-8;4-1-3-2-5-3/h1-12,21-22H;1-10,13-14H;2-9,13H,1H3;1-3,6-7,11H,4-5,8-9H2;2-7H,1H2;2-7,9H,1H3;3H,1-2H2. The van der Waals surface area contributed by atoms with E-state index >= 15 is 0 Å². The first-order valence-electron chi connectivity index (χ1n) is 29.3. The predicted molar refractivity (Wildman–Crippen MR) is 357 cm³/mol. The number of aliphatic hydroxyl groups is 2. The molecule has 14 rings (SSSR count). The average Bonchev–Trinajstić information content (AvgIpc) is 1.88. The van der Waals surface area contributed by atoms with E-state index in [4.69, 9.17) is 26.2 Å². The molecule has 444 valence electrons. The van der Waals surface area contributed by atoms with E-state index in [1.165, 1.54) is 33.9 Å². The number of halogens is 1. The van der Waals surface area contributed by atoms with E-state index in [-0.39, 0.29) is 35.7 Å². The Labute approximate surface area is 519 Å². The fraction of sp³-hybridized carbons (Fsp3) is 0.182. The van der Waals surface area contributed by atoms with E-state index in [2.05, 4.69) is 79.4 Å². The van der Waals surface area contributed by atoms with Gasteiger partial charge in [0, 0.05) is 33.8 Å². The van der Waals surface area contributed by atoms with Crippen LogP contribution in [0.1, 0.15) is 97.7 Å². The number of epoxide rings is 2. The molecule has 2 aliphatic heterocycles. The quantitative estimate of drug-likeness (QED) is 0.0827. The number of rotatable bonds is 9. The summed E-state index contributed by atoms with van der Waals surface area (Å²) in [5.74, 6) is 1.63. The zero-order valence-electron chi connectivity index (χ0n) is 49.1. The molecule has 1 aliphatic carbocycles. The fourth-order valence-corrected chi connectivity index (χ4v) is 10.9. The molecule has 1 saturated carbocycles. The van der Waals surface area contributed by atoms with Crippen molar-refractivity contribution in [3.8, 4) is 22.6 Å². The van der Waals surface area contributed by atoms with Crippen LogP contribution < -0.4 is 0 Å². The Morgan fingerprint density at radius 3 is 1.34 bits per heavy atom. The van der Waals surface area contributed by atoms with E-state index in [1.807, 2.05) is 182 Å². The highest BCUT2D eigenvalue weighted by atomic mass is 35.5. The van der Waals surface area contributed by atoms with Gasteiger partial charge in [-0.1, -0.05) is 256 Å². The summed E-state index contributed by atoms with van der Waals surface area (Å²) in [6.07, 6.45) is 4.28. The third-order valence-electron chi connectivity index (χ3n) is 14.8. The first-order chi connectivity index (χ1) is 42.4. The van der Waals surface area contributed by atoms with Crippen molar-refractivity contribution < 1.29 is 38.9 Å². The summed E-state index contributed by atoms with van der Waals surface area (Å²) < 4.78 is 21.4. The van der Waals surface area contributed by atoms with Gasteiger partial charge in [0.25, 0.3) is 0 Å². The number of benzene rings is 11. The van der Waals surface area contributed by atoms with Crippen molar-refractivity contribution in [2.24, 2.45) is 0 Å². The van der Waals surface area contributed by atoms with Crippen molar-refractivity contribution in [3.63, 3.8) is 0 Å². The van der Waals surface area contributed by atoms with Crippen molar-refractivity contribution in [1.82, 2.24) is 0 Å². The Hall–Kier alpha value is -8.51. The van der Waals surface area contributed by atoms with Gasteiger partial charge in [-0.3, -0.25) is 4.79 Å². The van der Waals surface area contributed by atoms with Gasteiger partial charge in [-0.15, -0.1) is 11.6 Å². The van der Waals surface area contributed by atoms with Crippen LogP contribution in [0.3, 0.4) is 0 Å². The van der Waals surface area contributed by atoms with Gasteiger partial charge in [-0.25, -0.2) is 4.21 Å². The molecule has 3 aliphatic rings. The first-order valence-corrected chi connectivity index (χ1v) is 31.1. The maximum Gasteiger partial charge on any atom is 0.140 e. The molecule has 0 bridgehead atoms. The van der Waals surface area contributed by atoms with Crippen LogP contribution in [0.2, 0.25) is 0 Å². The minimum Gasteiger partial charge on any atom is -0.507 e. The van der Waals surface area contributed by atoms with E-state index < -0.39 is 16.9 Å². The minimum absolute atomic E-state index is 0.172. The lowest BCUT2D eigenvalue weighted by molar-refractivity contribution is -0.121. The first kappa shape index (κ1) is 64.5. The second-order valence-electron chi connectivity index (χ2n) is 21.1. The molecule has 87 heavy (non-hydrogen) atoms. The van der Waals surface area contributed by atoms with Crippen LogP contribution in [0.4, 0.5) is 0 Å². The normalized spacial score (nSPS) is 17.0. The molecular weight excluding hydrogens is 1120 g/mol. The molecule has 0 radical (unpaired) electrons. The Morgan fingerprint density at radius 2 is 0.931 bits per heavy atom. The fourth-order valence-electron chi connectivity index (χ4n) is 10.1. The number of aliphatic hydroxyl groups excluding tert-OH is 2. The van der Waals surface area contributed by atoms with Gasteiger partial charge in [-0.2, -0.15) is 0 Å². The summed E-state index contributed by atoms with van der Waals surface area (Å²) in [5, 5.41) is 47.1. The van der Waals surface area contributed by atoms with Gasteiger partial charge in [-0.05, 0) is 111 Å². The Bertz CT molecular complexity index is 3770. The Morgan fingerprint density at radius 1 is 0.517 bits per heavy atom. The number of aromatic hydroxyl groups is 2. The van der Waals surface area contributed by atoms with E-state index in [9.17, 15) is 24.3 Å². The molecule has 8 nitrogen and oxygen atoms in total. The third kappa shape index (κ3) is 19.0. The molecular formula is C77H75ClO8S. The molecule has 11 aromatic rings. The average molecular weight is 1200 g/mol. The van der Waals surface area contributed by atoms with Crippen molar-refractivity contribution >= 4 is 60.5 Å². The Balaban J connectivity index is 0.000000136. The third-order valence-corrected chi connectivity index (χ3v) is 16.2. The number of alkyl halides is 1. The van der Waals surface area contributed by atoms with Crippen molar-refractivity contribution in [2.45, 2.75) is 80.9 Å². The van der Waals surface area contributed by atoms with Crippen molar-refractivity contribution in [1.29, 1.82) is 0 Å². The summed E-state index contributed by atoms with van der Waals surface area (Å²) in [5.41, 5.74) is 7.06. The summed E-state index contributed by atoms with van der Waals surface area (Å²) in [6.45, 7) is 7.87. The number of carbonyl (C=O) groups is 1. The zero-order chi connectivity index (χ0) is 61.3. The number of hydrogen-bond acceptors (Lipinski definition) is 8. The second kappa shape index (κ2) is 33.4. The lowest BCUT2D eigenvalue weighted by Gasteiger charge is -2.20. The van der Waals surface area contributed by atoms with Gasteiger partial charge < -0.3 is 29.9 Å². The lowest BCUT2D eigenvalue weighted by Crippen LogP contribution is -2.16. The number of phenols is 2. The van der Waals surface area contributed by atoms with Crippen LogP contribution in [-0.2, 0) is 25.1 Å². The highest BCUT2D eigenvalue weighted by Crippen LogP contribution is 2.50. The molecule has 11 aromatic carbocycles. The molecule has 3 fully saturated rings. The zero-order valence-corrected chi connectivity index (χ0v) is 50.7. The number of ether oxygens (including phenoxy) is 2. The summed E-state index contributed by atoms with van der Waals surface area (Å²) in [4.78, 5) is 12.4. The van der Waals surface area contributed by atoms with Crippen LogP contribution in [0.5, 0.6) is 11.5 Å². The van der Waals surface area contributed by atoms with Gasteiger partial charge in [0.15, 0.2) is 0 Å². The molecule has 2 saturated heterocycles. The van der Waals surface area contributed by atoms with E-state index in [0.29, 0.717) is 28.9 Å². The minimum atomic E-state index is -1.03. The van der Waals surface area contributed by atoms with Gasteiger partial charge in [0.2, 0.25) is 0 Å². The topological polar surface area (TPSA) is 140 Å². The summed E-state index contributed by atoms with van der Waals surface area (Å²) in [7, 11) is -1.03. The molecule has 7 unspecified atom stereocenters. The predicted octanol–water partition coefficient (Wildman–Crippen LogP) is 18.7. The summed E-state index contributed by atoms with van der Waals surface area (Å²) >= 11 is 5.27. The van der Waals surface area contributed by atoms with E-state index in [1.54, 1.807) is 26.0 Å². The van der Waals surface area contributed by atoms with Gasteiger partial charge in [0.1, 0.15) is 29.5 Å². The Kier molecular flexibility index (Phi) is 24.8. The molecule has 0 amide bonds. The van der Waals surface area contributed by atoms with Crippen molar-refractivity contribution in [3.05, 3.63) is 307 Å². The monoisotopic (exact) mass is 1190 g/mol. The molecule has 0 spiro atoms. The van der Waals surface area contributed by atoms with Crippen molar-refractivity contribution in [2.75, 3.05) is 12.5 Å². The van der Waals surface area contributed by atoms with Gasteiger partial charge >= 0.3 is 0 Å². The smallest absolute Gasteiger partial charge is 0.140 e. The number of phenolic OH excluding ortho intramolecular Hbond substituents is 2. The number of Topliss-reactive ketones (excluding diaryl/α,β-unsaturated/α-hetero) is 1. The molecule has 4 N–H and O–H groups in total. The largest absolute Gasteiger partial charge is 0.507 e. The van der Waals surface area contributed by atoms with Crippen LogP contribution >= 0.6 is 11.6 Å². The molecule has 7 atom stereocenters. The highest BCUT2D eigenvalue weighted by Gasteiger charge is 2.41. The van der Waals surface area contributed by atoms with Gasteiger partial charge in [0.05, 0.1) is 41.6 Å². The van der Waals surface area contributed by atoms with Crippen LogP contribution in [0.25, 0.3) is 43.4 Å². The number of fused-ring (bicyclic) bond motifs is 3. The maximum atomic E-state index is 11.6.